The zero-order valence-electron chi connectivity index (χ0n) is 7.37. The van der Waals surface area contributed by atoms with Crippen molar-refractivity contribution >= 4 is 21.9 Å². The molecular weight excluding hydrogens is 250 g/mol. The predicted octanol–water partition coefficient (Wildman–Crippen LogP) is 1.48. The standard InChI is InChI=1S/C9H10BrNO3/c10-6-1-2-7(9(12)13)8(5-6)14-4-3-11/h1-2,5H,3-4,11H2,(H,12,13). The Bertz CT molecular complexity index is 341. The summed E-state index contributed by atoms with van der Waals surface area (Å²) in [6.07, 6.45) is 0. The first-order valence-electron chi connectivity index (χ1n) is 4.01. The number of halogens is 1. The summed E-state index contributed by atoms with van der Waals surface area (Å²) < 4.78 is 5.97. The fraction of sp³-hybridized carbons (Fsp3) is 0.222. The minimum absolute atomic E-state index is 0.140. The lowest BCUT2D eigenvalue weighted by molar-refractivity contribution is 0.0692. The monoisotopic (exact) mass is 259 g/mol. The van der Waals surface area contributed by atoms with Crippen molar-refractivity contribution in [3.63, 3.8) is 0 Å². The van der Waals surface area contributed by atoms with E-state index >= 15 is 0 Å². The van der Waals surface area contributed by atoms with Gasteiger partial charge in [-0.1, -0.05) is 15.9 Å². The first-order valence-corrected chi connectivity index (χ1v) is 4.80. The summed E-state index contributed by atoms with van der Waals surface area (Å²) in [6.45, 7) is 0.655. The van der Waals surface area contributed by atoms with Crippen LogP contribution >= 0.6 is 15.9 Å². The Morgan fingerprint density at radius 3 is 2.86 bits per heavy atom. The average molecular weight is 260 g/mol. The number of benzene rings is 1. The van der Waals surface area contributed by atoms with Crippen molar-refractivity contribution in [2.24, 2.45) is 5.73 Å². The number of hydrogen-bond acceptors (Lipinski definition) is 3. The summed E-state index contributed by atoms with van der Waals surface area (Å²) >= 11 is 3.23. The number of rotatable bonds is 4. The van der Waals surface area contributed by atoms with Crippen LogP contribution in [0.5, 0.6) is 5.75 Å². The third-order valence-corrected chi connectivity index (χ3v) is 2.04. The Hall–Kier alpha value is -1.07. The number of aromatic carboxylic acids is 1. The summed E-state index contributed by atoms with van der Waals surface area (Å²) in [7, 11) is 0. The number of ether oxygens (including phenoxy) is 1. The Kier molecular flexibility index (Phi) is 3.91. The van der Waals surface area contributed by atoms with E-state index in [1.54, 1.807) is 12.1 Å². The van der Waals surface area contributed by atoms with Crippen LogP contribution in [0.1, 0.15) is 10.4 Å². The molecule has 0 saturated carbocycles. The molecule has 0 radical (unpaired) electrons. The van der Waals surface area contributed by atoms with Crippen molar-refractivity contribution in [1.29, 1.82) is 0 Å². The van der Waals surface area contributed by atoms with Gasteiger partial charge in [0.05, 0.1) is 0 Å². The molecule has 0 aliphatic carbocycles. The van der Waals surface area contributed by atoms with Crippen LogP contribution < -0.4 is 10.5 Å². The first-order chi connectivity index (χ1) is 6.65. The van der Waals surface area contributed by atoms with Crippen LogP contribution in [0.4, 0.5) is 0 Å². The number of carbonyl (C=O) groups is 1. The minimum atomic E-state index is -1.01. The average Bonchev–Trinajstić information content (AvgIpc) is 2.14. The van der Waals surface area contributed by atoms with Crippen molar-refractivity contribution in [3.05, 3.63) is 28.2 Å². The second-order valence-electron chi connectivity index (χ2n) is 2.58. The summed E-state index contributed by atoms with van der Waals surface area (Å²) in [5.41, 5.74) is 5.40. The van der Waals surface area contributed by atoms with Gasteiger partial charge in [-0.05, 0) is 18.2 Å². The molecule has 5 heteroatoms. The van der Waals surface area contributed by atoms with E-state index in [4.69, 9.17) is 15.6 Å². The van der Waals surface area contributed by atoms with Crippen LogP contribution in [0.15, 0.2) is 22.7 Å². The van der Waals surface area contributed by atoms with E-state index in [0.717, 1.165) is 4.47 Å². The van der Waals surface area contributed by atoms with Crippen molar-refractivity contribution < 1.29 is 14.6 Å². The Morgan fingerprint density at radius 2 is 2.29 bits per heavy atom. The van der Waals surface area contributed by atoms with E-state index in [1.165, 1.54) is 6.07 Å². The van der Waals surface area contributed by atoms with E-state index in [0.29, 0.717) is 18.9 Å². The van der Waals surface area contributed by atoms with Gasteiger partial charge in [0, 0.05) is 11.0 Å². The third-order valence-electron chi connectivity index (χ3n) is 1.55. The van der Waals surface area contributed by atoms with Crippen LogP contribution in [0.25, 0.3) is 0 Å². The number of carboxylic acid groups (broad SMARTS) is 1. The van der Waals surface area contributed by atoms with E-state index in [1.807, 2.05) is 0 Å². The number of carboxylic acids is 1. The smallest absolute Gasteiger partial charge is 0.339 e. The highest BCUT2D eigenvalue weighted by Crippen LogP contribution is 2.23. The molecule has 1 rings (SSSR count). The maximum absolute atomic E-state index is 10.8. The Balaban J connectivity index is 2.97. The third kappa shape index (κ3) is 2.71. The normalized spacial score (nSPS) is 9.86. The van der Waals surface area contributed by atoms with Crippen LogP contribution in [0, 0.1) is 0 Å². The van der Waals surface area contributed by atoms with Gasteiger partial charge in [0.25, 0.3) is 0 Å². The van der Waals surface area contributed by atoms with Gasteiger partial charge in [0.15, 0.2) is 0 Å². The fourth-order valence-corrected chi connectivity index (χ4v) is 1.30. The number of nitrogens with two attached hydrogens (primary N) is 1. The van der Waals surface area contributed by atoms with Crippen LogP contribution in [0.3, 0.4) is 0 Å². The topological polar surface area (TPSA) is 72.5 Å². The molecule has 0 saturated heterocycles. The van der Waals surface area contributed by atoms with Crippen LogP contribution in [-0.4, -0.2) is 24.2 Å². The van der Waals surface area contributed by atoms with Gasteiger partial charge in [-0.15, -0.1) is 0 Å². The fourth-order valence-electron chi connectivity index (χ4n) is 0.961. The maximum Gasteiger partial charge on any atom is 0.339 e. The molecule has 1 aromatic carbocycles. The number of hydrogen-bond donors (Lipinski definition) is 2. The summed E-state index contributed by atoms with van der Waals surface area (Å²) in [6, 6.07) is 4.75. The zero-order chi connectivity index (χ0) is 10.6. The molecule has 14 heavy (non-hydrogen) atoms. The molecule has 4 nitrogen and oxygen atoms in total. The molecule has 0 fully saturated rings. The van der Waals surface area contributed by atoms with E-state index < -0.39 is 5.97 Å². The van der Waals surface area contributed by atoms with Gasteiger partial charge >= 0.3 is 5.97 Å². The molecule has 0 unspecified atom stereocenters. The molecule has 0 aromatic heterocycles. The SMILES string of the molecule is NCCOc1cc(Br)ccc1C(=O)O. The lowest BCUT2D eigenvalue weighted by Crippen LogP contribution is -2.12. The van der Waals surface area contributed by atoms with E-state index in [-0.39, 0.29) is 5.56 Å². The minimum Gasteiger partial charge on any atom is -0.491 e. The highest BCUT2D eigenvalue weighted by atomic mass is 79.9. The zero-order valence-corrected chi connectivity index (χ0v) is 8.95. The van der Waals surface area contributed by atoms with Gasteiger partial charge in [-0.3, -0.25) is 0 Å². The van der Waals surface area contributed by atoms with Crippen molar-refractivity contribution in [3.8, 4) is 5.75 Å². The van der Waals surface area contributed by atoms with E-state index in [2.05, 4.69) is 15.9 Å². The van der Waals surface area contributed by atoms with Crippen LogP contribution in [-0.2, 0) is 0 Å². The molecule has 3 N–H and O–H groups in total. The lowest BCUT2D eigenvalue weighted by Gasteiger charge is -2.07. The molecule has 0 amide bonds. The van der Waals surface area contributed by atoms with Gasteiger partial charge in [0.2, 0.25) is 0 Å². The summed E-state index contributed by atoms with van der Waals surface area (Å²) in [5, 5.41) is 8.83. The molecule has 0 bridgehead atoms. The molecular formula is C9H10BrNO3. The lowest BCUT2D eigenvalue weighted by atomic mass is 10.2. The Morgan fingerprint density at radius 1 is 1.57 bits per heavy atom. The van der Waals surface area contributed by atoms with Crippen molar-refractivity contribution in [2.75, 3.05) is 13.2 Å². The Labute approximate surface area is 89.8 Å². The van der Waals surface area contributed by atoms with Gasteiger partial charge < -0.3 is 15.6 Å². The second-order valence-corrected chi connectivity index (χ2v) is 3.50. The molecule has 1 aromatic rings. The highest BCUT2D eigenvalue weighted by molar-refractivity contribution is 9.10. The van der Waals surface area contributed by atoms with Crippen molar-refractivity contribution in [1.82, 2.24) is 0 Å². The van der Waals surface area contributed by atoms with Gasteiger partial charge in [-0.25, -0.2) is 4.79 Å². The summed E-state index contributed by atoms with van der Waals surface area (Å²) in [5.74, 6) is -0.679. The molecule has 0 heterocycles. The molecule has 0 aliphatic heterocycles. The first kappa shape index (κ1) is 11.0. The molecule has 0 aliphatic rings. The van der Waals surface area contributed by atoms with Gasteiger partial charge in [0.1, 0.15) is 17.9 Å². The molecule has 76 valence electrons. The second kappa shape index (κ2) is 4.97. The van der Waals surface area contributed by atoms with Crippen LogP contribution in [0.2, 0.25) is 0 Å². The maximum atomic E-state index is 10.8. The largest absolute Gasteiger partial charge is 0.491 e. The van der Waals surface area contributed by atoms with E-state index in [9.17, 15) is 4.79 Å². The predicted molar refractivity (Wildman–Crippen MR) is 55.7 cm³/mol. The molecule has 0 atom stereocenters. The van der Waals surface area contributed by atoms with Crippen molar-refractivity contribution in [2.45, 2.75) is 0 Å². The molecule has 0 spiro atoms. The quantitative estimate of drug-likeness (QED) is 0.860. The highest BCUT2D eigenvalue weighted by Gasteiger charge is 2.10. The van der Waals surface area contributed by atoms with Gasteiger partial charge in [-0.2, -0.15) is 0 Å². The summed E-state index contributed by atoms with van der Waals surface area (Å²) in [4.78, 5) is 10.8.